The Morgan fingerprint density at radius 3 is 2.13 bits per heavy atom. The summed E-state index contributed by atoms with van der Waals surface area (Å²) < 4.78 is 0. The van der Waals surface area contributed by atoms with E-state index in [1.807, 2.05) is 0 Å². The van der Waals surface area contributed by atoms with Gasteiger partial charge in [-0.15, -0.1) is 0 Å². The Balaban J connectivity index is 2.56. The summed E-state index contributed by atoms with van der Waals surface area (Å²) in [6.07, 6.45) is 8.92. The fourth-order valence-electron chi connectivity index (χ4n) is 2.68. The second-order valence-electron chi connectivity index (χ2n) is 5.05. The van der Waals surface area contributed by atoms with E-state index in [1.54, 1.807) is 0 Å². The molecule has 1 heterocycles. The van der Waals surface area contributed by atoms with Crippen LogP contribution in [0, 0.1) is 0 Å². The number of allylic oxidation sites excluding steroid dienone is 2. The normalized spacial score (nSPS) is 17.5. The Morgan fingerprint density at radius 1 is 1.13 bits per heavy atom. The molecule has 2 heteroatoms. The molecule has 88 valence electrons. The van der Waals surface area contributed by atoms with Gasteiger partial charge in [0.25, 0.3) is 0 Å². The van der Waals surface area contributed by atoms with Crippen LogP contribution in [0.25, 0.3) is 0 Å². The molecule has 1 rings (SSSR count). The molecular weight excluding hydrogens is 198 g/mol. The van der Waals surface area contributed by atoms with Gasteiger partial charge in [0.1, 0.15) is 0 Å². The minimum Gasteiger partial charge on any atom is -0.304 e. The van der Waals surface area contributed by atoms with Crippen molar-refractivity contribution in [1.29, 1.82) is 0 Å². The van der Waals surface area contributed by atoms with Crippen molar-refractivity contribution < 1.29 is 0 Å². The molecule has 1 aliphatic heterocycles. The van der Waals surface area contributed by atoms with E-state index in [1.165, 1.54) is 50.2 Å². The topological polar surface area (TPSA) is 3.01 Å². The van der Waals surface area contributed by atoms with Gasteiger partial charge in [-0.3, -0.25) is 0 Å². The van der Waals surface area contributed by atoms with Crippen molar-refractivity contribution in [3.8, 4) is 0 Å². The second-order valence-corrected chi connectivity index (χ2v) is 9.77. The lowest BCUT2D eigenvalue weighted by Gasteiger charge is -2.31. The summed E-state index contributed by atoms with van der Waals surface area (Å²) in [6, 6.07) is 4.48. The molecule has 0 radical (unpaired) electrons. The van der Waals surface area contributed by atoms with Crippen molar-refractivity contribution in [2.24, 2.45) is 0 Å². The van der Waals surface area contributed by atoms with Crippen molar-refractivity contribution in [2.45, 2.75) is 51.7 Å². The van der Waals surface area contributed by atoms with Crippen LogP contribution < -0.4 is 0 Å². The van der Waals surface area contributed by atoms with Crippen LogP contribution in [0.3, 0.4) is 0 Å². The van der Waals surface area contributed by atoms with Gasteiger partial charge < -0.3 is 4.90 Å². The summed E-state index contributed by atoms with van der Waals surface area (Å²) in [4.78, 5) is 2.65. The maximum absolute atomic E-state index is 2.65. The third kappa shape index (κ3) is 4.52. The molecule has 1 aliphatic rings. The molecule has 0 saturated carbocycles. The molecular formula is C13H27NSi. The Labute approximate surface area is 96.6 Å². The first kappa shape index (κ1) is 13.0. The van der Waals surface area contributed by atoms with Gasteiger partial charge in [0.2, 0.25) is 0 Å². The van der Waals surface area contributed by atoms with Crippen LogP contribution in [0.15, 0.2) is 12.2 Å². The molecule has 0 amide bonds. The standard InChI is InChI=1S/C13H27NSi/c1-4-7-12-15(10-5-2,11-6-3)13-14-8-9-14/h4,7H,5-6,8-13H2,1-3H3. The summed E-state index contributed by atoms with van der Waals surface area (Å²) in [5, 5.41) is 0. The van der Waals surface area contributed by atoms with Crippen LogP contribution in [-0.4, -0.2) is 32.2 Å². The summed E-state index contributed by atoms with van der Waals surface area (Å²) >= 11 is 0. The third-order valence-corrected chi connectivity index (χ3v) is 8.79. The quantitative estimate of drug-likeness (QED) is 0.346. The van der Waals surface area contributed by atoms with E-state index in [0.717, 1.165) is 0 Å². The van der Waals surface area contributed by atoms with Crippen molar-refractivity contribution in [3.63, 3.8) is 0 Å². The van der Waals surface area contributed by atoms with Gasteiger partial charge in [0.15, 0.2) is 0 Å². The first-order valence-electron chi connectivity index (χ1n) is 6.60. The molecule has 1 saturated heterocycles. The molecule has 0 spiro atoms. The zero-order valence-corrected chi connectivity index (χ0v) is 11.8. The first-order chi connectivity index (χ1) is 7.26. The number of hydrogen-bond acceptors (Lipinski definition) is 1. The maximum atomic E-state index is 2.65. The first-order valence-corrected chi connectivity index (χ1v) is 9.42. The van der Waals surface area contributed by atoms with E-state index in [0.29, 0.717) is 0 Å². The lowest BCUT2D eigenvalue weighted by atomic mass is 10.6. The summed E-state index contributed by atoms with van der Waals surface area (Å²) in [5.41, 5.74) is 0. The van der Waals surface area contributed by atoms with Crippen LogP contribution in [0.5, 0.6) is 0 Å². The molecule has 1 fully saturated rings. The Kier molecular flexibility index (Phi) is 5.62. The van der Waals surface area contributed by atoms with E-state index in [2.05, 4.69) is 37.8 Å². The van der Waals surface area contributed by atoms with Gasteiger partial charge in [0, 0.05) is 13.1 Å². The minimum atomic E-state index is -0.978. The van der Waals surface area contributed by atoms with E-state index >= 15 is 0 Å². The fourth-order valence-corrected chi connectivity index (χ4v) is 7.91. The van der Waals surface area contributed by atoms with Gasteiger partial charge in [-0.05, 0) is 19.1 Å². The van der Waals surface area contributed by atoms with Crippen molar-refractivity contribution in [1.82, 2.24) is 4.90 Å². The highest BCUT2D eigenvalue weighted by Crippen LogP contribution is 2.28. The Morgan fingerprint density at radius 2 is 1.73 bits per heavy atom. The predicted octanol–water partition coefficient (Wildman–Crippen LogP) is 3.69. The Bertz CT molecular complexity index is 191. The van der Waals surface area contributed by atoms with Gasteiger partial charge in [-0.25, -0.2) is 0 Å². The van der Waals surface area contributed by atoms with Crippen LogP contribution in [0.4, 0.5) is 0 Å². The number of hydrogen-bond donors (Lipinski definition) is 0. The van der Waals surface area contributed by atoms with E-state index < -0.39 is 8.07 Å². The molecule has 0 bridgehead atoms. The van der Waals surface area contributed by atoms with Crippen LogP contribution in [0.2, 0.25) is 18.1 Å². The highest BCUT2D eigenvalue weighted by atomic mass is 28.3. The van der Waals surface area contributed by atoms with Crippen LogP contribution in [-0.2, 0) is 0 Å². The number of rotatable bonds is 8. The average molecular weight is 225 g/mol. The highest BCUT2D eigenvalue weighted by molar-refractivity contribution is 6.80. The molecule has 15 heavy (non-hydrogen) atoms. The maximum Gasteiger partial charge on any atom is 0.0727 e. The number of nitrogens with zero attached hydrogens (tertiary/aromatic N) is 1. The minimum absolute atomic E-state index is 0.978. The van der Waals surface area contributed by atoms with Crippen LogP contribution >= 0.6 is 0 Å². The van der Waals surface area contributed by atoms with Gasteiger partial charge in [-0.1, -0.05) is 50.9 Å². The molecule has 0 aliphatic carbocycles. The molecule has 0 atom stereocenters. The van der Waals surface area contributed by atoms with E-state index in [-0.39, 0.29) is 0 Å². The summed E-state index contributed by atoms with van der Waals surface area (Å²) in [5.74, 6) is 0. The summed E-state index contributed by atoms with van der Waals surface area (Å²) in [6.45, 7) is 9.62. The van der Waals surface area contributed by atoms with Crippen molar-refractivity contribution >= 4 is 8.07 Å². The second kappa shape index (κ2) is 6.49. The predicted molar refractivity (Wildman–Crippen MR) is 72.0 cm³/mol. The monoisotopic (exact) mass is 225 g/mol. The van der Waals surface area contributed by atoms with Crippen molar-refractivity contribution in [2.75, 3.05) is 19.3 Å². The molecule has 0 aromatic heterocycles. The molecule has 1 nitrogen and oxygen atoms in total. The van der Waals surface area contributed by atoms with Crippen molar-refractivity contribution in [3.05, 3.63) is 12.2 Å². The SMILES string of the molecule is CC=CC[Si](CCC)(CCC)CN1CC1. The van der Waals surface area contributed by atoms with E-state index in [4.69, 9.17) is 0 Å². The Hall–Kier alpha value is -0.0831. The summed E-state index contributed by atoms with van der Waals surface area (Å²) in [7, 11) is -0.978. The smallest absolute Gasteiger partial charge is 0.0727 e. The fraction of sp³-hybridized carbons (Fsp3) is 0.846. The molecule has 0 N–H and O–H groups in total. The average Bonchev–Trinajstić information content (AvgIpc) is 2.99. The molecule has 0 aromatic carbocycles. The van der Waals surface area contributed by atoms with Crippen LogP contribution in [0.1, 0.15) is 33.6 Å². The van der Waals surface area contributed by atoms with E-state index in [9.17, 15) is 0 Å². The molecule has 0 aromatic rings. The van der Waals surface area contributed by atoms with Gasteiger partial charge in [-0.2, -0.15) is 0 Å². The zero-order valence-electron chi connectivity index (χ0n) is 10.8. The van der Waals surface area contributed by atoms with Gasteiger partial charge in [0.05, 0.1) is 8.07 Å². The lowest BCUT2D eigenvalue weighted by molar-refractivity contribution is 0.637. The molecule has 0 unspecified atom stereocenters. The third-order valence-electron chi connectivity index (χ3n) is 3.45. The largest absolute Gasteiger partial charge is 0.304 e. The van der Waals surface area contributed by atoms with Gasteiger partial charge >= 0.3 is 0 Å². The lowest BCUT2D eigenvalue weighted by Crippen LogP contribution is -2.41. The highest BCUT2D eigenvalue weighted by Gasteiger charge is 2.34. The zero-order chi connectivity index (χ0) is 11.1.